The lowest BCUT2D eigenvalue weighted by atomic mass is 10.2. The van der Waals surface area contributed by atoms with Gasteiger partial charge < -0.3 is 4.90 Å². The molecule has 2 fully saturated rings. The molecule has 55 valence electrons. The number of fused-ring (bicyclic) bond motifs is 2. The third kappa shape index (κ3) is 0.736. The molecule has 10 heavy (non-hydrogen) atoms. The average Bonchev–Trinajstić information content (AvgIpc) is 2.44. The maximum absolute atomic E-state index is 10.9. The fourth-order valence-electron chi connectivity index (χ4n) is 1.85. The molecule has 0 aliphatic carbocycles. The van der Waals surface area contributed by atoms with E-state index in [1.165, 1.54) is 0 Å². The van der Waals surface area contributed by atoms with Crippen LogP contribution in [0.2, 0.25) is 0 Å². The third-order valence-electron chi connectivity index (χ3n) is 2.37. The maximum atomic E-state index is 10.9. The van der Waals surface area contributed by atoms with Gasteiger partial charge in [0.1, 0.15) is 0 Å². The van der Waals surface area contributed by atoms with Crippen molar-refractivity contribution < 1.29 is 4.79 Å². The fraction of sp³-hybridized carbons (Fsp3) is 0.857. The number of rotatable bonds is 0. The van der Waals surface area contributed by atoms with Gasteiger partial charge in [-0.05, 0) is 6.42 Å². The van der Waals surface area contributed by atoms with Crippen molar-refractivity contribution in [3.63, 3.8) is 0 Å². The van der Waals surface area contributed by atoms with E-state index >= 15 is 0 Å². The van der Waals surface area contributed by atoms with E-state index in [9.17, 15) is 4.79 Å². The fourth-order valence-corrected chi connectivity index (χ4v) is 1.85. The van der Waals surface area contributed by atoms with Crippen LogP contribution in [0, 0.1) is 0 Å². The van der Waals surface area contributed by atoms with Crippen LogP contribution in [-0.4, -0.2) is 36.0 Å². The van der Waals surface area contributed by atoms with E-state index in [1.807, 2.05) is 4.90 Å². The molecule has 2 bridgehead atoms. The zero-order chi connectivity index (χ0) is 7.14. The number of hydrogen-bond acceptors (Lipinski definition) is 1. The zero-order valence-electron chi connectivity index (χ0n) is 6.08. The number of carbonyl (C=O) groups excluding carboxylic acids is 1. The quantitative estimate of drug-likeness (QED) is 0.449. The van der Waals surface area contributed by atoms with E-state index in [4.69, 9.17) is 0 Å². The highest BCUT2D eigenvalue weighted by molar-refractivity contribution is 5.74. The summed E-state index contributed by atoms with van der Waals surface area (Å²) in [6.45, 7) is 3.39. The summed E-state index contributed by atoms with van der Waals surface area (Å²) in [6.07, 6.45) is 1.11. The summed E-state index contributed by atoms with van der Waals surface area (Å²) in [5, 5.41) is 4.34. The van der Waals surface area contributed by atoms with Crippen molar-refractivity contribution in [2.24, 2.45) is 0 Å². The summed E-state index contributed by atoms with van der Waals surface area (Å²) in [6, 6.07) is 0.913. The SMILES string of the molecule is CC(=O)N1CC2CC1C[N]2. The molecule has 0 spiro atoms. The van der Waals surface area contributed by atoms with Crippen LogP contribution in [-0.2, 0) is 4.79 Å². The molecule has 2 aliphatic heterocycles. The largest absolute Gasteiger partial charge is 0.337 e. The molecule has 1 amide bonds. The lowest BCUT2D eigenvalue weighted by molar-refractivity contribution is -0.130. The Bertz CT molecular complexity index is 169. The van der Waals surface area contributed by atoms with Crippen LogP contribution in [0.15, 0.2) is 0 Å². The number of carbonyl (C=O) groups is 1. The van der Waals surface area contributed by atoms with E-state index in [0.717, 1.165) is 19.5 Å². The van der Waals surface area contributed by atoms with Crippen molar-refractivity contribution in [2.75, 3.05) is 13.1 Å². The van der Waals surface area contributed by atoms with Gasteiger partial charge in [-0.25, -0.2) is 5.32 Å². The van der Waals surface area contributed by atoms with Gasteiger partial charge >= 0.3 is 0 Å². The highest BCUT2D eigenvalue weighted by Gasteiger charge is 2.39. The van der Waals surface area contributed by atoms with Crippen LogP contribution in [0.1, 0.15) is 13.3 Å². The number of amides is 1. The Labute approximate surface area is 60.4 Å². The molecular formula is C7H11N2O. The summed E-state index contributed by atoms with van der Waals surface area (Å²) in [5.41, 5.74) is 0. The zero-order valence-corrected chi connectivity index (χ0v) is 6.08. The predicted molar refractivity (Wildman–Crippen MR) is 36.6 cm³/mol. The maximum Gasteiger partial charge on any atom is 0.219 e. The first-order chi connectivity index (χ1) is 4.77. The predicted octanol–water partition coefficient (Wildman–Crippen LogP) is -0.406. The Morgan fingerprint density at radius 3 is 2.80 bits per heavy atom. The normalized spacial score (nSPS) is 37.1. The molecule has 0 aromatic heterocycles. The first-order valence-corrected chi connectivity index (χ1v) is 3.71. The topological polar surface area (TPSA) is 34.4 Å². The molecule has 2 atom stereocenters. The molecular weight excluding hydrogens is 128 g/mol. The van der Waals surface area contributed by atoms with Crippen LogP contribution in [0.3, 0.4) is 0 Å². The minimum Gasteiger partial charge on any atom is -0.337 e. The molecule has 3 nitrogen and oxygen atoms in total. The first kappa shape index (κ1) is 6.16. The Kier molecular flexibility index (Phi) is 1.20. The van der Waals surface area contributed by atoms with Crippen molar-refractivity contribution in [1.82, 2.24) is 10.2 Å². The number of nitrogens with zero attached hydrogens (tertiary/aromatic N) is 2. The smallest absolute Gasteiger partial charge is 0.219 e. The molecule has 2 heterocycles. The second-order valence-corrected chi connectivity index (χ2v) is 3.08. The molecule has 1 radical (unpaired) electrons. The third-order valence-corrected chi connectivity index (χ3v) is 2.37. The van der Waals surface area contributed by atoms with Gasteiger partial charge in [-0.2, -0.15) is 0 Å². The van der Waals surface area contributed by atoms with Crippen LogP contribution in [0.5, 0.6) is 0 Å². The van der Waals surface area contributed by atoms with Crippen molar-refractivity contribution >= 4 is 5.91 Å². The number of likely N-dealkylation sites (tertiary alicyclic amines) is 1. The van der Waals surface area contributed by atoms with Gasteiger partial charge in [-0.15, -0.1) is 0 Å². The monoisotopic (exact) mass is 139 g/mol. The van der Waals surface area contributed by atoms with Gasteiger partial charge in [-0.1, -0.05) is 0 Å². The van der Waals surface area contributed by atoms with Crippen molar-refractivity contribution in [3.8, 4) is 0 Å². The van der Waals surface area contributed by atoms with Gasteiger partial charge in [0.2, 0.25) is 5.91 Å². The summed E-state index contributed by atoms with van der Waals surface area (Å²) in [4.78, 5) is 12.9. The lowest BCUT2D eigenvalue weighted by Crippen LogP contribution is -2.42. The number of piperazine rings is 1. The molecule has 0 N–H and O–H groups in total. The van der Waals surface area contributed by atoms with Gasteiger partial charge in [0.15, 0.2) is 0 Å². The van der Waals surface area contributed by atoms with Crippen LogP contribution in [0.4, 0.5) is 0 Å². The highest BCUT2D eigenvalue weighted by Crippen LogP contribution is 2.23. The van der Waals surface area contributed by atoms with Crippen LogP contribution in [0.25, 0.3) is 0 Å². The summed E-state index contributed by atoms with van der Waals surface area (Å²) >= 11 is 0. The molecule has 0 aromatic rings. The Hall–Kier alpha value is -0.570. The second-order valence-electron chi connectivity index (χ2n) is 3.08. The van der Waals surface area contributed by atoms with E-state index in [-0.39, 0.29) is 5.91 Å². The van der Waals surface area contributed by atoms with Crippen molar-refractivity contribution in [1.29, 1.82) is 0 Å². The lowest BCUT2D eigenvalue weighted by Gasteiger charge is -2.24. The summed E-state index contributed by atoms with van der Waals surface area (Å²) in [7, 11) is 0. The Balaban J connectivity index is 2.08. The van der Waals surface area contributed by atoms with Gasteiger partial charge in [0.05, 0.1) is 0 Å². The summed E-state index contributed by atoms with van der Waals surface area (Å²) < 4.78 is 0. The molecule has 2 unspecified atom stereocenters. The van der Waals surface area contributed by atoms with Crippen LogP contribution >= 0.6 is 0 Å². The van der Waals surface area contributed by atoms with Crippen LogP contribution < -0.4 is 5.32 Å². The molecule has 3 heteroatoms. The van der Waals surface area contributed by atoms with Gasteiger partial charge in [-0.3, -0.25) is 4.79 Å². The minimum atomic E-state index is 0.211. The minimum absolute atomic E-state index is 0.211. The van der Waals surface area contributed by atoms with E-state index in [1.54, 1.807) is 6.92 Å². The number of hydrogen-bond donors (Lipinski definition) is 0. The average molecular weight is 139 g/mol. The van der Waals surface area contributed by atoms with E-state index in [0.29, 0.717) is 12.1 Å². The molecule has 0 saturated carbocycles. The summed E-state index contributed by atoms with van der Waals surface area (Å²) in [5.74, 6) is 0.211. The standard InChI is InChI=1S/C7H11N2O/c1-5(10)9-4-6-2-7(9)3-8-6/h6-7H,2-4H2,1H3. The van der Waals surface area contributed by atoms with Gasteiger partial charge in [0.25, 0.3) is 0 Å². The van der Waals surface area contributed by atoms with Gasteiger partial charge in [0, 0.05) is 32.1 Å². The second kappa shape index (κ2) is 1.95. The van der Waals surface area contributed by atoms with E-state index in [2.05, 4.69) is 5.32 Å². The Morgan fingerprint density at radius 2 is 2.50 bits per heavy atom. The van der Waals surface area contributed by atoms with Crippen molar-refractivity contribution in [3.05, 3.63) is 0 Å². The first-order valence-electron chi connectivity index (χ1n) is 3.71. The Morgan fingerprint density at radius 1 is 1.70 bits per heavy atom. The molecule has 0 aromatic carbocycles. The van der Waals surface area contributed by atoms with Crippen molar-refractivity contribution in [2.45, 2.75) is 25.4 Å². The van der Waals surface area contributed by atoms with E-state index < -0.39 is 0 Å². The molecule has 2 rings (SSSR count). The molecule has 2 aliphatic rings. The highest BCUT2D eigenvalue weighted by atomic mass is 16.2. The molecule has 2 saturated heterocycles.